The van der Waals surface area contributed by atoms with Crippen LogP contribution in [0.2, 0.25) is 0 Å². The van der Waals surface area contributed by atoms with E-state index in [0.29, 0.717) is 13.1 Å². The van der Waals surface area contributed by atoms with E-state index in [9.17, 15) is 9.59 Å². The first-order chi connectivity index (χ1) is 11.2. The van der Waals surface area contributed by atoms with E-state index >= 15 is 0 Å². The molecule has 1 aromatic rings. The molecule has 2 unspecified atom stereocenters. The van der Waals surface area contributed by atoms with Crippen molar-refractivity contribution in [3.63, 3.8) is 0 Å². The summed E-state index contributed by atoms with van der Waals surface area (Å²) < 4.78 is 0. The van der Waals surface area contributed by atoms with E-state index in [1.165, 1.54) is 0 Å². The normalized spacial score (nSPS) is 23.7. The van der Waals surface area contributed by atoms with Gasteiger partial charge in [0.15, 0.2) is 0 Å². The minimum absolute atomic E-state index is 0.130. The van der Waals surface area contributed by atoms with Crippen LogP contribution in [0.4, 0.5) is 0 Å². The average Bonchev–Trinajstić information content (AvgIpc) is 2.62. The number of rotatable bonds is 3. The molecular weight excluding hydrogens is 292 g/mol. The van der Waals surface area contributed by atoms with E-state index < -0.39 is 0 Å². The molecular formula is C17H24N4O2. The molecule has 0 radical (unpaired) electrons. The summed E-state index contributed by atoms with van der Waals surface area (Å²) >= 11 is 0. The van der Waals surface area contributed by atoms with Crippen molar-refractivity contribution in [1.82, 2.24) is 20.1 Å². The predicted octanol–water partition coefficient (Wildman–Crippen LogP) is 0.608. The number of nitrogens with zero attached hydrogens (tertiary/aromatic N) is 3. The molecule has 2 amide bonds. The molecule has 3 heterocycles. The largest absolute Gasteiger partial charge is 0.340 e. The maximum Gasteiger partial charge on any atom is 0.236 e. The molecule has 0 aliphatic carbocycles. The van der Waals surface area contributed by atoms with Gasteiger partial charge in [0.25, 0.3) is 0 Å². The number of likely N-dealkylation sites (tertiary alicyclic amines) is 1. The van der Waals surface area contributed by atoms with E-state index in [2.05, 4.69) is 10.3 Å². The first-order valence-electron chi connectivity index (χ1n) is 8.35. The Labute approximate surface area is 136 Å². The van der Waals surface area contributed by atoms with Crippen molar-refractivity contribution in [3.05, 3.63) is 30.1 Å². The molecule has 2 atom stereocenters. The van der Waals surface area contributed by atoms with Gasteiger partial charge in [-0.15, -0.1) is 0 Å². The Hall–Kier alpha value is -1.95. The zero-order valence-corrected chi connectivity index (χ0v) is 13.6. The molecule has 124 valence electrons. The number of hydrogen-bond acceptors (Lipinski definition) is 4. The molecule has 0 saturated carbocycles. The fourth-order valence-electron chi connectivity index (χ4n) is 3.47. The summed E-state index contributed by atoms with van der Waals surface area (Å²) in [6.45, 7) is 5.34. The van der Waals surface area contributed by atoms with Gasteiger partial charge < -0.3 is 15.1 Å². The minimum Gasteiger partial charge on any atom is -0.340 e. The third-order valence-corrected chi connectivity index (χ3v) is 4.83. The van der Waals surface area contributed by atoms with Crippen molar-refractivity contribution in [1.29, 1.82) is 0 Å². The van der Waals surface area contributed by atoms with E-state index in [0.717, 1.165) is 38.0 Å². The van der Waals surface area contributed by atoms with Crippen molar-refractivity contribution in [3.8, 4) is 0 Å². The third kappa shape index (κ3) is 3.52. The molecule has 2 aliphatic rings. The molecule has 23 heavy (non-hydrogen) atoms. The van der Waals surface area contributed by atoms with Crippen LogP contribution in [-0.4, -0.2) is 65.4 Å². The van der Waals surface area contributed by atoms with Crippen LogP contribution >= 0.6 is 0 Å². The van der Waals surface area contributed by atoms with Crippen LogP contribution in [0.15, 0.2) is 24.5 Å². The smallest absolute Gasteiger partial charge is 0.236 e. The van der Waals surface area contributed by atoms with Crippen molar-refractivity contribution in [2.45, 2.75) is 31.7 Å². The molecule has 1 N–H and O–H groups in total. The highest BCUT2D eigenvalue weighted by molar-refractivity contribution is 5.83. The first-order valence-corrected chi connectivity index (χ1v) is 8.35. The number of aromatic nitrogens is 1. The van der Waals surface area contributed by atoms with Crippen LogP contribution in [0.1, 0.15) is 31.2 Å². The average molecular weight is 316 g/mol. The summed E-state index contributed by atoms with van der Waals surface area (Å²) in [5.41, 5.74) is 0.942. The van der Waals surface area contributed by atoms with Gasteiger partial charge in [0.05, 0.1) is 12.5 Å². The number of carbonyl (C=O) groups excluding carboxylic acids is 2. The van der Waals surface area contributed by atoms with Gasteiger partial charge in [-0.05, 0) is 31.4 Å². The number of piperidine rings is 1. The van der Waals surface area contributed by atoms with Crippen LogP contribution in [0.25, 0.3) is 0 Å². The summed E-state index contributed by atoms with van der Waals surface area (Å²) in [5, 5.41) is 3.10. The summed E-state index contributed by atoms with van der Waals surface area (Å²) in [7, 11) is 0. The maximum atomic E-state index is 12.8. The van der Waals surface area contributed by atoms with Crippen LogP contribution in [0.3, 0.4) is 0 Å². The Morgan fingerprint density at radius 2 is 2.30 bits per heavy atom. The van der Waals surface area contributed by atoms with Gasteiger partial charge >= 0.3 is 0 Å². The van der Waals surface area contributed by atoms with Crippen molar-refractivity contribution < 1.29 is 9.59 Å². The predicted molar refractivity (Wildman–Crippen MR) is 86.8 cm³/mol. The topological polar surface area (TPSA) is 65.5 Å². The second kappa shape index (κ2) is 7.08. The Morgan fingerprint density at radius 3 is 3.04 bits per heavy atom. The second-order valence-electron chi connectivity index (χ2n) is 6.35. The number of carbonyl (C=O) groups is 2. The number of pyridine rings is 1. The van der Waals surface area contributed by atoms with Gasteiger partial charge in [0.2, 0.25) is 11.8 Å². The summed E-state index contributed by atoms with van der Waals surface area (Å²) in [4.78, 5) is 32.8. The van der Waals surface area contributed by atoms with Gasteiger partial charge in [0.1, 0.15) is 0 Å². The lowest BCUT2D eigenvalue weighted by Crippen LogP contribution is -2.57. The van der Waals surface area contributed by atoms with E-state index in [-0.39, 0.29) is 23.8 Å². The van der Waals surface area contributed by atoms with Gasteiger partial charge in [-0.3, -0.25) is 14.6 Å². The Kier molecular flexibility index (Phi) is 4.91. The van der Waals surface area contributed by atoms with Gasteiger partial charge in [0, 0.05) is 44.6 Å². The molecule has 2 aliphatic heterocycles. The highest BCUT2D eigenvalue weighted by atomic mass is 16.2. The Bertz CT molecular complexity index is 563. The van der Waals surface area contributed by atoms with Crippen LogP contribution < -0.4 is 5.32 Å². The third-order valence-electron chi connectivity index (χ3n) is 4.83. The van der Waals surface area contributed by atoms with Crippen molar-refractivity contribution in [2.75, 3.05) is 32.7 Å². The fourth-order valence-corrected chi connectivity index (χ4v) is 3.47. The van der Waals surface area contributed by atoms with Gasteiger partial charge in [-0.2, -0.15) is 0 Å². The molecule has 6 nitrogen and oxygen atoms in total. The molecule has 0 aromatic carbocycles. The quantitative estimate of drug-likeness (QED) is 0.887. The molecule has 2 fully saturated rings. The summed E-state index contributed by atoms with van der Waals surface area (Å²) in [6, 6.07) is 3.96. The lowest BCUT2D eigenvalue weighted by Gasteiger charge is -2.41. The zero-order chi connectivity index (χ0) is 16.2. The fraction of sp³-hybridized carbons (Fsp3) is 0.588. The van der Waals surface area contributed by atoms with E-state index in [1.54, 1.807) is 12.4 Å². The molecule has 0 bridgehead atoms. The first kappa shape index (κ1) is 15.9. The molecule has 0 spiro atoms. The lowest BCUT2D eigenvalue weighted by atomic mass is 9.98. The number of amides is 2. The molecule has 1 aromatic heterocycles. The van der Waals surface area contributed by atoms with E-state index in [4.69, 9.17) is 0 Å². The summed E-state index contributed by atoms with van der Waals surface area (Å²) in [5.74, 6) is 0.0855. The number of nitrogens with one attached hydrogen (secondary N) is 1. The monoisotopic (exact) mass is 316 g/mol. The SMILES string of the molecule is CC(C(=O)N1CCCC(N2CCNCC2=O)C1)c1cccnc1. The lowest BCUT2D eigenvalue weighted by molar-refractivity contribution is -0.141. The number of hydrogen-bond donors (Lipinski definition) is 1. The van der Waals surface area contributed by atoms with E-state index in [1.807, 2.05) is 28.9 Å². The highest BCUT2D eigenvalue weighted by Gasteiger charge is 2.33. The van der Waals surface area contributed by atoms with Gasteiger partial charge in [-0.1, -0.05) is 6.07 Å². The van der Waals surface area contributed by atoms with Crippen molar-refractivity contribution in [2.24, 2.45) is 0 Å². The number of piperazine rings is 1. The zero-order valence-electron chi connectivity index (χ0n) is 13.6. The molecule has 6 heteroatoms. The van der Waals surface area contributed by atoms with Crippen LogP contribution in [-0.2, 0) is 9.59 Å². The Balaban J connectivity index is 1.66. The van der Waals surface area contributed by atoms with Crippen LogP contribution in [0, 0.1) is 0 Å². The molecule has 3 rings (SSSR count). The standard InChI is InChI=1S/C17H24N4O2/c1-13(14-4-2-6-18-10-14)17(23)20-8-3-5-15(12-20)21-9-7-19-11-16(21)22/h2,4,6,10,13,15,19H,3,5,7-9,11-12H2,1H3. The second-order valence-corrected chi connectivity index (χ2v) is 6.35. The highest BCUT2D eigenvalue weighted by Crippen LogP contribution is 2.22. The Morgan fingerprint density at radius 1 is 1.43 bits per heavy atom. The van der Waals surface area contributed by atoms with Crippen LogP contribution in [0.5, 0.6) is 0 Å². The summed E-state index contributed by atoms with van der Waals surface area (Å²) in [6.07, 6.45) is 5.40. The van der Waals surface area contributed by atoms with Crippen molar-refractivity contribution >= 4 is 11.8 Å². The minimum atomic E-state index is -0.193. The molecule has 2 saturated heterocycles. The van der Waals surface area contributed by atoms with Gasteiger partial charge in [-0.25, -0.2) is 0 Å². The maximum absolute atomic E-state index is 12.8.